The minimum Gasteiger partial charge on any atom is -0.370 e. The first-order chi connectivity index (χ1) is 16.9. The Bertz CT molecular complexity index is 1290. The zero-order valence-electron chi connectivity index (χ0n) is 19.3. The molecule has 3 aromatic rings. The molecule has 35 heavy (non-hydrogen) atoms. The summed E-state index contributed by atoms with van der Waals surface area (Å²) in [6.45, 7) is 3.76. The summed E-state index contributed by atoms with van der Waals surface area (Å²) in [5, 5.41) is 6.46. The second-order valence-electron chi connectivity index (χ2n) is 8.91. The molecule has 2 aliphatic heterocycles. The zero-order chi connectivity index (χ0) is 24.5. The smallest absolute Gasteiger partial charge is 0.263 e. The molecule has 5 rings (SSSR count). The van der Waals surface area contributed by atoms with Crippen LogP contribution in [-0.2, 0) is 17.9 Å². The number of nitrogens with one attached hydrogen (secondary N) is 1. The van der Waals surface area contributed by atoms with Gasteiger partial charge in [-0.05, 0) is 49.6 Å². The summed E-state index contributed by atoms with van der Waals surface area (Å²) in [6, 6.07) is 12.5. The van der Waals surface area contributed by atoms with Crippen molar-refractivity contribution >= 4 is 46.3 Å². The summed E-state index contributed by atoms with van der Waals surface area (Å²) in [7, 11) is 0. The van der Waals surface area contributed by atoms with Crippen LogP contribution >= 0.6 is 22.9 Å². The van der Waals surface area contributed by atoms with E-state index < -0.39 is 0 Å². The molecule has 0 saturated carbocycles. The third kappa shape index (κ3) is 4.81. The van der Waals surface area contributed by atoms with E-state index in [0.29, 0.717) is 34.9 Å². The van der Waals surface area contributed by atoms with Gasteiger partial charge in [-0.3, -0.25) is 19.3 Å². The highest BCUT2D eigenvalue weighted by molar-refractivity contribution is 7.09. The molecule has 2 aliphatic rings. The van der Waals surface area contributed by atoms with Crippen LogP contribution in [-0.4, -0.2) is 40.7 Å². The molecule has 3 amide bonds. The van der Waals surface area contributed by atoms with Crippen LogP contribution in [0.1, 0.15) is 49.8 Å². The van der Waals surface area contributed by atoms with Crippen LogP contribution in [0.5, 0.6) is 0 Å². The van der Waals surface area contributed by atoms with Gasteiger partial charge in [-0.2, -0.15) is 0 Å². The van der Waals surface area contributed by atoms with Crippen molar-refractivity contribution in [1.29, 1.82) is 0 Å². The predicted octanol–water partition coefficient (Wildman–Crippen LogP) is 4.43. The topological polar surface area (TPSA) is 82.6 Å². The maximum absolute atomic E-state index is 13.4. The number of anilines is 1. The number of thiazole rings is 1. The summed E-state index contributed by atoms with van der Waals surface area (Å²) in [5.74, 6) is -0.812. The second-order valence-corrected chi connectivity index (χ2v) is 10.3. The van der Waals surface area contributed by atoms with E-state index in [1.54, 1.807) is 24.3 Å². The van der Waals surface area contributed by atoms with Gasteiger partial charge >= 0.3 is 0 Å². The standard InChI is InChI=1S/C26H25ClN4O3S/c1-16-15-35-22(29-16)12-28-24(32)18-4-3-11-30(14-18)21-6-2-5-20-23(21)26(34)31(25(20)33)13-17-7-9-19(27)10-8-17/h2,5-10,15,18H,3-4,11-14H2,1H3,(H,28,32)/t18-/m0/s1. The summed E-state index contributed by atoms with van der Waals surface area (Å²) >= 11 is 7.50. The third-order valence-electron chi connectivity index (χ3n) is 6.44. The number of benzene rings is 2. The molecule has 1 aromatic heterocycles. The van der Waals surface area contributed by atoms with Crippen molar-refractivity contribution in [3.05, 3.63) is 80.3 Å². The van der Waals surface area contributed by atoms with Gasteiger partial charge in [0, 0.05) is 29.2 Å². The molecule has 180 valence electrons. The number of fused-ring (bicyclic) bond motifs is 1. The first kappa shape index (κ1) is 23.5. The van der Waals surface area contributed by atoms with Crippen LogP contribution in [0, 0.1) is 12.8 Å². The van der Waals surface area contributed by atoms with Crippen LogP contribution in [0.15, 0.2) is 47.8 Å². The van der Waals surface area contributed by atoms with Crippen molar-refractivity contribution in [1.82, 2.24) is 15.2 Å². The Hall–Kier alpha value is -3.23. The van der Waals surface area contributed by atoms with E-state index in [0.717, 1.165) is 35.7 Å². The minimum absolute atomic E-state index is 0.0121. The molecule has 9 heteroatoms. The first-order valence-corrected chi connectivity index (χ1v) is 12.8. The largest absolute Gasteiger partial charge is 0.370 e. The van der Waals surface area contributed by atoms with Gasteiger partial charge in [0.25, 0.3) is 11.8 Å². The Morgan fingerprint density at radius 2 is 1.97 bits per heavy atom. The van der Waals surface area contributed by atoms with Crippen LogP contribution < -0.4 is 10.2 Å². The molecule has 0 spiro atoms. The van der Waals surface area contributed by atoms with Gasteiger partial charge in [-0.15, -0.1) is 11.3 Å². The maximum atomic E-state index is 13.4. The van der Waals surface area contributed by atoms with E-state index >= 15 is 0 Å². The quantitative estimate of drug-likeness (QED) is 0.498. The number of aromatic nitrogens is 1. The molecular formula is C26H25ClN4O3S. The summed E-state index contributed by atoms with van der Waals surface area (Å²) in [6.07, 6.45) is 1.61. The third-order valence-corrected chi connectivity index (χ3v) is 7.66. The molecule has 0 radical (unpaired) electrons. The van der Waals surface area contributed by atoms with E-state index in [9.17, 15) is 14.4 Å². The molecule has 1 fully saturated rings. The number of amides is 3. The number of hydrogen-bond acceptors (Lipinski definition) is 6. The fourth-order valence-electron chi connectivity index (χ4n) is 4.70. The second kappa shape index (κ2) is 9.79. The normalized spacial score (nSPS) is 17.6. The predicted molar refractivity (Wildman–Crippen MR) is 136 cm³/mol. The van der Waals surface area contributed by atoms with E-state index in [1.807, 2.05) is 30.5 Å². The molecule has 1 atom stereocenters. The van der Waals surface area contributed by atoms with Crippen LogP contribution in [0.3, 0.4) is 0 Å². The lowest BCUT2D eigenvalue weighted by Crippen LogP contribution is -2.43. The highest BCUT2D eigenvalue weighted by atomic mass is 35.5. The summed E-state index contributed by atoms with van der Waals surface area (Å²) in [4.78, 5) is 47.1. The molecular weight excluding hydrogens is 484 g/mol. The highest BCUT2D eigenvalue weighted by Crippen LogP contribution is 2.35. The van der Waals surface area contributed by atoms with Crippen molar-refractivity contribution in [2.75, 3.05) is 18.0 Å². The number of aryl methyl sites for hydroxylation is 1. The first-order valence-electron chi connectivity index (χ1n) is 11.6. The average molecular weight is 509 g/mol. The Morgan fingerprint density at radius 3 is 2.71 bits per heavy atom. The Balaban J connectivity index is 1.31. The van der Waals surface area contributed by atoms with Gasteiger partial charge in [-0.1, -0.05) is 29.8 Å². The minimum atomic E-state index is -0.304. The van der Waals surface area contributed by atoms with Gasteiger partial charge in [-0.25, -0.2) is 4.98 Å². The number of halogens is 1. The number of carbonyl (C=O) groups excluding carboxylic acids is 3. The van der Waals surface area contributed by atoms with E-state index in [2.05, 4.69) is 15.2 Å². The summed E-state index contributed by atoms with van der Waals surface area (Å²) in [5.41, 5.74) is 3.33. The van der Waals surface area contributed by atoms with Crippen LogP contribution in [0.2, 0.25) is 5.02 Å². The zero-order valence-corrected chi connectivity index (χ0v) is 20.9. The summed E-state index contributed by atoms with van der Waals surface area (Å²) < 4.78 is 0. The molecule has 1 N–H and O–H groups in total. The van der Waals surface area contributed by atoms with Crippen molar-refractivity contribution in [3.8, 4) is 0 Å². The van der Waals surface area contributed by atoms with Crippen molar-refractivity contribution in [2.24, 2.45) is 5.92 Å². The maximum Gasteiger partial charge on any atom is 0.263 e. The lowest BCUT2D eigenvalue weighted by atomic mass is 9.95. The number of rotatable bonds is 6. The molecule has 0 unspecified atom stereocenters. The van der Waals surface area contributed by atoms with Gasteiger partial charge in [0.2, 0.25) is 5.91 Å². The number of hydrogen-bond donors (Lipinski definition) is 1. The molecule has 0 bridgehead atoms. The fourth-order valence-corrected chi connectivity index (χ4v) is 5.53. The Kier molecular flexibility index (Phi) is 6.58. The molecule has 2 aromatic carbocycles. The molecule has 3 heterocycles. The fraction of sp³-hybridized carbons (Fsp3) is 0.308. The Labute approximate surface area is 212 Å². The number of imide groups is 1. The molecule has 7 nitrogen and oxygen atoms in total. The average Bonchev–Trinajstić information content (AvgIpc) is 3.40. The van der Waals surface area contributed by atoms with Gasteiger partial charge in [0.05, 0.1) is 35.8 Å². The molecule has 0 aliphatic carbocycles. The highest BCUT2D eigenvalue weighted by Gasteiger charge is 2.39. The van der Waals surface area contributed by atoms with Gasteiger partial charge < -0.3 is 10.2 Å². The monoisotopic (exact) mass is 508 g/mol. The lowest BCUT2D eigenvalue weighted by Gasteiger charge is -2.34. The van der Waals surface area contributed by atoms with E-state index in [1.165, 1.54) is 16.2 Å². The van der Waals surface area contributed by atoms with Gasteiger partial charge in [0.1, 0.15) is 5.01 Å². The SMILES string of the molecule is Cc1csc(CNC(=O)[C@H]2CCCN(c3cccc4c3C(=O)N(Cc3ccc(Cl)cc3)C4=O)C2)n1. The van der Waals surface area contributed by atoms with Crippen LogP contribution in [0.4, 0.5) is 5.69 Å². The van der Waals surface area contributed by atoms with Crippen molar-refractivity contribution in [2.45, 2.75) is 32.9 Å². The number of nitrogens with zero attached hydrogens (tertiary/aromatic N) is 3. The van der Waals surface area contributed by atoms with E-state index in [4.69, 9.17) is 11.6 Å². The number of piperidine rings is 1. The lowest BCUT2D eigenvalue weighted by molar-refractivity contribution is -0.125. The van der Waals surface area contributed by atoms with Crippen molar-refractivity contribution < 1.29 is 14.4 Å². The van der Waals surface area contributed by atoms with Crippen molar-refractivity contribution in [3.63, 3.8) is 0 Å². The number of carbonyl (C=O) groups is 3. The Morgan fingerprint density at radius 1 is 1.17 bits per heavy atom. The van der Waals surface area contributed by atoms with E-state index in [-0.39, 0.29) is 30.2 Å². The van der Waals surface area contributed by atoms with Crippen LogP contribution in [0.25, 0.3) is 0 Å². The molecule has 1 saturated heterocycles. The van der Waals surface area contributed by atoms with Gasteiger partial charge in [0.15, 0.2) is 0 Å².